The largest absolute Gasteiger partial charge is 0.393 e. The monoisotopic (exact) mass is 584 g/mol. The van der Waals surface area contributed by atoms with Crippen molar-refractivity contribution < 1.29 is 15.3 Å². The molecule has 0 spiro atoms. The van der Waals surface area contributed by atoms with E-state index in [4.69, 9.17) is 0 Å². The van der Waals surface area contributed by atoms with Crippen LogP contribution in [0.2, 0.25) is 0 Å². The molecule has 0 aromatic rings. The van der Waals surface area contributed by atoms with E-state index in [-0.39, 0.29) is 16.9 Å². The van der Waals surface area contributed by atoms with Crippen LogP contribution in [0.25, 0.3) is 0 Å². The predicted molar refractivity (Wildman–Crippen MR) is 185 cm³/mol. The summed E-state index contributed by atoms with van der Waals surface area (Å²) in [6.07, 6.45) is 28.8. The number of aliphatic hydroxyl groups is 3. The van der Waals surface area contributed by atoms with E-state index in [0.717, 1.165) is 29.6 Å². The van der Waals surface area contributed by atoms with Gasteiger partial charge in [0.25, 0.3) is 0 Å². The third kappa shape index (κ3) is 11.9. The minimum absolute atomic E-state index is 0.00390. The molecule has 1 fully saturated rings. The van der Waals surface area contributed by atoms with E-state index < -0.39 is 11.7 Å². The molecule has 234 valence electrons. The smallest absolute Gasteiger partial charge is 0.0931 e. The van der Waals surface area contributed by atoms with Crippen molar-refractivity contribution in [2.75, 3.05) is 0 Å². The Hall–Kier alpha value is -2.94. The lowest BCUT2D eigenvalue weighted by molar-refractivity contribution is -0.0268. The van der Waals surface area contributed by atoms with E-state index in [1.54, 1.807) is 6.92 Å². The van der Waals surface area contributed by atoms with Gasteiger partial charge in [-0.05, 0) is 88.9 Å². The molecule has 0 unspecified atom stereocenters. The normalized spacial score (nSPS) is 27.7. The van der Waals surface area contributed by atoms with Crippen molar-refractivity contribution in [1.82, 2.24) is 0 Å². The molecule has 1 saturated carbocycles. The molecule has 3 heteroatoms. The Labute approximate surface area is 262 Å². The molecule has 0 saturated heterocycles. The molecule has 0 aromatic carbocycles. The van der Waals surface area contributed by atoms with Crippen molar-refractivity contribution in [1.29, 1.82) is 0 Å². The standard InChI is InChI=1S/C40H56O3/c1-29(17-13-19-31(3)21-23-36-33(5)25-34(41)26-38(36,6)7)15-11-12-16-30(2)18-14-20-32(4)22-24-37-39(8,9)27-35(42)28-40(37,10)43/h11-23,34-35,41-43H,25-28H2,1-10H3/b12-11+,17-13+,18-14+,23-21+,29-15+,30-16+,31-19+,32-20+/t24?,34-,35+,40-/m1/s1. The molecule has 2 aliphatic rings. The maximum absolute atomic E-state index is 10.8. The van der Waals surface area contributed by atoms with Crippen LogP contribution >= 0.6 is 0 Å². The maximum Gasteiger partial charge on any atom is 0.0931 e. The third-order valence-corrected chi connectivity index (χ3v) is 8.29. The van der Waals surface area contributed by atoms with Crippen LogP contribution in [-0.4, -0.2) is 33.1 Å². The van der Waals surface area contributed by atoms with Crippen molar-refractivity contribution in [2.24, 2.45) is 10.8 Å². The topological polar surface area (TPSA) is 60.7 Å². The number of allylic oxidation sites excluding steroid dienone is 17. The summed E-state index contributed by atoms with van der Waals surface area (Å²) in [7, 11) is 0. The summed E-state index contributed by atoms with van der Waals surface area (Å²) in [5.74, 6) is 0. The van der Waals surface area contributed by atoms with Gasteiger partial charge in [0.2, 0.25) is 0 Å². The highest BCUT2D eigenvalue weighted by atomic mass is 16.3. The van der Waals surface area contributed by atoms with Crippen LogP contribution in [0.4, 0.5) is 0 Å². The van der Waals surface area contributed by atoms with Crippen molar-refractivity contribution in [3.8, 4) is 0 Å². The first-order valence-electron chi connectivity index (χ1n) is 15.6. The third-order valence-electron chi connectivity index (χ3n) is 8.29. The van der Waals surface area contributed by atoms with Crippen LogP contribution in [0.1, 0.15) is 94.9 Å². The Morgan fingerprint density at radius 1 is 0.674 bits per heavy atom. The van der Waals surface area contributed by atoms with E-state index in [9.17, 15) is 15.3 Å². The summed E-state index contributed by atoms with van der Waals surface area (Å²) in [4.78, 5) is 0. The average Bonchev–Trinajstić information content (AvgIpc) is 2.83. The number of hydrogen-bond acceptors (Lipinski definition) is 3. The van der Waals surface area contributed by atoms with Gasteiger partial charge >= 0.3 is 0 Å². The zero-order valence-electron chi connectivity index (χ0n) is 28.3. The Morgan fingerprint density at radius 3 is 1.70 bits per heavy atom. The highest BCUT2D eigenvalue weighted by Gasteiger charge is 2.44. The molecule has 0 amide bonds. The van der Waals surface area contributed by atoms with Gasteiger partial charge in [-0.1, -0.05) is 123 Å². The zero-order valence-corrected chi connectivity index (χ0v) is 28.3. The summed E-state index contributed by atoms with van der Waals surface area (Å²) in [6.45, 7) is 20.7. The van der Waals surface area contributed by atoms with Crippen molar-refractivity contribution in [2.45, 2.75) is 113 Å². The molecule has 0 radical (unpaired) electrons. The minimum atomic E-state index is -1.05. The Balaban J connectivity index is 1.95. The maximum atomic E-state index is 10.8. The second-order valence-electron chi connectivity index (χ2n) is 14.1. The Morgan fingerprint density at radius 2 is 1.16 bits per heavy atom. The summed E-state index contributed by atoms with van der Waals surface area (Å²) < 4.78 is 0. The van der Waals surface area contributed by atoms with E-state index in [1.165, 1.54) is 22.3 Å². The second-order valence-corrected chi connectivity index (χ2v) is 14.1. The lowest BCUT2D eigenvalue weighted by Gasteiger charge is -2.43. The van der Waals surface area contributed by atoms with Gasteiger partial charge in [-0.3, -0.25) is 0 Å². The summed E-state index contributed by atoms with van der Waals surface area (Å²) >= 11 is 0. The summed E-state index contributed by atoms with van der Waals surface area (Å²) in [6, 6.07) is 0. The Kier molecular flexibility index (Phi) is 13.2. The van der Waals surface area contributed by atoms with Gasteiger partial charge in [0.1, 0.15) is 0 Å². The fourth-order valence-electron chi connectivity index (χ4n) is 6.32. The van der Waals surface area contributed by atoms with Gasteiger partial charge in [0.15, 0.2) is 0 Å². The number of rotatable bonds is 9. The molecule has 3 nitrogen and oxygen atoms in total. The molecule has 2 rings (SSSR count). The van der Waals surface area contributed by atoms with Gasteiger partial charge in [-0.25, -0.2) is 0 Å². The van der Waals surface area contributed by atoms with Gasteiger partial charge in [0, 0.05) is 12.0 Å². The van der Waals surface area contributed by atoms with E-state index >= 15 is 0 Å². The Bertz CT molecular complexity index is 1320. The molecule has 0 aromatic heterocycles. The molecule has 0 aliphatic heterocycles. The van der Waals surface area contributed by atoms with E-state index in [1.807, 2.05) is 37.3 Å². The SMILES string of the molecule is CC1=C(/C=C/C(C)=C/C=C/C(C)=C/C=C/C=C(C)/C=C/C=C(\C)C=C=C2C(C)(C)C[C@H](O)C[C@@]2(C)O)C(C)(C)C[C@H](O)C1. The van der Waals surface area contributed by atoms with Crippen LogP contribution in [0.15, 0.2) is 124 Å². The van der Waals surface area contributed by atoms with Crippen LogP contribution in [0, 0.1) is 10.8 Å². The van der Waals surface area contributed by atoms with Crippen molar-refractivity contribution >= 4 is 0 Å². The molecule has 0 heterocycles. The number of hydrogen-bond donors (Lipinski definition) is 3. The molecule has 43 heavy (non-hydrogen) atoms. The van der Waals surface area contributed by atoms with Gasteiger partial charge in [0.05, 0.1) is 17.8 Å². The van der Waals surface area contributed by atoms with Gasteiger partial charge < -0.3 is 15.3 Å². The number of aliphatic hydroxyl groups excluding tert-OH is 2. The van der Waals surface area contributed by atoms with Gasteiger partial charge in [-0.15, -0.1) is 5.73 Å². The van der Waals surface area contributed by atoms with Crippen molar-refractivity contribution in [3.05, 3.63) is 124 Å². The highest BCUT2D eigenvalue weighted by molar-refractivity contribution is 5.38. The molecular weight excluding hydrogens is 528 g/mol. The fourth-order valence-corrected chi connectivity index (χ4v) is 6.32. The molecule has 0 bridgehead atoms. The van der Waals surface area contributed by atoms with Crippen LogP contribution in [0.3, 0.4) is 0 Å². The first-order valence-corrected chi connectivity index (χ1v) is 15.6. The minimum Gasteiger partial charge on any atom is -0.393 e. The second kappa shape index (κ2) is 15.7. The van der Waals surface area contributed by atoms with E-state index in [0.29, 0.717) is 12.8 Å². The molecule has 3 atom stereocenters. The predicted octanol–water partition coefficient (Wildman–Crippen LogP) is 9.51. The highest BCUT2D eigenvalue weighted by Crippen LogP contribution is 2.45. The molecule has 3 N–H and O–H groups in total. The average molecular weight is 585 g/mol. The van der Waals surface area contributed by atoms with Crippen LogP contribution in [0.5, 0.6) is 0 Å². The zero-order chi connectivity index (χ0) is 32.4. The summed E-state index contributed by atoms with van der Waals surface area (Å²) in [5.41, 5.74) is 9.98. The quantitative estimate of drug-likeness (QED) is 0.187. The van der Waals surface area contributed by atoms with Crippen LogP contribution in [-0.2, 0) is 0 Å². The molecule has 2 aliphatic carbocycles. The lowest BCUT2D eigenvalue weighted by atomic mass is 9.65. The fraction of sp³-hybridized carbons (Fsp3) is 0.475. The van der Waals surface area contributed by atoms with E-state index in [2.05, 4.69) is 110 Å². The summed E-state index contributed by atoms with van der Waals surface area (Å²) in [5, 5.41) is 31.1. The molecular formula is C40H56O3. The first kappa shape index (κ1) is 36.3. The first-order chi connectivity index (χ1) is 19.9. The lowest BCUT2D eigenvalue weighted by Crippen LogP contribution is -2.45. The van der Waals surface area contributed by atoms with Gasteiger partial charge in [-0.2, -0.15) is 0 Å². The van der Waals surface area contributed by atoms with Crippen molar-refractivity contribution in [3.63, 3.8) is 0 Å². The van der Waals surface area contributed by atoms with Crippen LogP contribution < -0.4 is 0 Å².